The lowest BCUT2D eigenvalue weighted by Gasteiger charge is -1.72. The van der Waals surface area contributed by atoms with Crippen LogP contribution in [0.4, 0.5) is 0 Å². The number of carboxylic acid groups (broad SMARTS) is 1. The summed E-state index contributed by atoms with van der Waals surface area (Å²) < 4.78 is 0. The Labute approximate surface area is 60.6 Å². The van der Waals surface area contributed by atoms with E-state index in [1.54, 1.807) is 0 Å². The summed E-state index contributed by atoms with van der Waals surface area (Å²) in [5.74, 6) is -0.833. The molecule has 0 unspecified atom stereocenters. The van der Waals surface area contributed by atoms with E-state index in [1.165, 1.54) is 0 Å². The maximum Gasteiger partial charge on any atom is 0.300 e. The van der Waals surface area contributed by atoms with E-state index in [0.717, 1.165) is 6.92 Å². The molecule has 0 aromatic heterocycles. The molecule has 0 amide bonds. The van der Waals surface area contributed by atoms with Crippen LogP contribution in [0.15, 0.2) is 0 Å². The molecule has 0 aromatic carbocycles. The monoisotopic (exact) mass is 156 g/mol. The third-order valence-corrected chi connectivity index (χ3v) is 0.167. The van der Waals surface area contributed by atoms with Crippen molar-refractivity contribution in [3.8, 4) is 0 Å². The van der Waals surface area contributed by atoms with Crippen LogP contribution >= 0.6 is 12.4 Å². The lowest BCUT2D eigenvalue weighted by Crippen LogP contribution is -2.11. The second-order valence-corrected chi connectivity index (χ2v) is 1.10. The van der Waals surface area contributed by atoms with E-state index in [4.69, 9.17) is 21.4 Å². The minimum Gasteiger partial charge on any atom is -0.481 e. The summed E-state index contributed by atoms with van der Waals surface area (Å²) in [6.07, 6.45) is 0. The molecule has 0 bridgehead atoms. The van der Waals surface area contributed by atoms with Gasteiger partial charge in [0.05, 0.1) is 0 Å². The maximum atomic E-state index is 9.00. The molecule has 0 rings (SSSR count). The number of rotatable bonds is 1. The fraction of sp³-hybridized carbons (Fsp3) is 0.750. The van der Waals surface area contributed by atoms with Crippen LogP contribution in [-0.4, -0.2) is 24.2 Å². The van der Waals surface area contributed by atoms with Gasteiger partial charge in [-0.15, -0.1) is 12.4 Å². The van der Waals surface area contributed by atoms with Gasteiger partial charge in [0.2, 0.25) is 0 Å². The van der Waals surface area contributed by atoms with Crippen molar-refractivity contribution < 1.29 is 9.90 Å². The van der Waals surface area contributed by atoms with Crippen LogP contribution < -0.4 is 11.5 Å². The smallest absolute Gasteiger partial charge is 0.300 e. The van der Waals surface area contributed by atoms with Crippen molar-refractivity contribution in [2.45, 2.75) is 6.92 Å². The molecule has 0 saturated heterocycles. The first kappa shape index (κ1) is 15.9. The summed E-state index contributed by atoms with van der Waals surface area (Å²) in [6.45, 7) is 2.28. The summed E-state index contributed by atoms with van der Waals surface area (Å²) in [5.41, 5.74) is 9.81. The van der Waals surface area contributed by atoms with Crippen molar-refractivity contribution in [1.82, 2.24) is 0 Å². The van der Waals surface area contributed by atoms with Gasteiger partial charge >= 0.3 is 0 Å². The molecule has 0 fully saturated rings. The fourth-order valence-corrected chi connectivity index (χ4v) is 0. The van der Waals surface area contributed by atoms with E-state index in [1.807, 2.05) is 0 Å². The lowest BCUT2D eigenvalue weighted by molar-refractivity contribution is -0.134. The number of nitrogens with two attached hydrogens (primary N) is 2. The highest BCUT2D eigenvalue weighted by atomic mass is 35.5. The summed E-state index contributed by atoms with van der Waals surface area (Å²) in [4.78, 5) is 9.00. The van der Waals surface area contributed by atoms with Crippen molar-refractivity contribution in [2.75, 3.05) is 13.1 Å². The Morgan fingerprint density at radius 3 is 1.56 bits per heavy atom. The van der Waals surface area contributed by atoms with Gasteiger partial charge in [-0.3, -0.25) is 4.79 Å². The number of carbonyl (C=O) groups is 1. The molecule has 4 nitrogen and oxygen atoms in total. The number of aliphatic carboxylic acids is 1. The molecule has 0 heterocycles. The maximum absolute atomic E-state index is 9.00. The Bertz CT molecular complexity index is 54.5. The molecule has 0 aliphatic carbocycles. The molecule has 0 aliphatic rings. The summed E-state index contributed by atoms with van der Waals surface area (Å²) >= 11 is 0. The Hall–Kier alpha value is -0.320. The van der Waals surface area contributed by atoms with Crippen LogP contribution in [0.3, 0.4) is 0 Å². The summed E-state index contributed by atoms with van der Waals surface area (Å²) in [5, 5.41) is 7.42. The third-order valence-electron chi connectivity index (χ3n) is 0.167. The average molecular weight is 157 g/mol. The highest BCUT2D eigenvalue weighted by Gasteiger charge is 1.65. The van der Waals surface area contributed by atoms with Gasteiger partial charge in [0.25, 0.3) is 5.97 Å². The van der Waals surface area contributed by atoms with E-state index in [9.17, 15) is 0 Å². The summed E-state index contributed by atoms with van der Waals surface area (Å²) in [6, 6.07) is 0. The molecule has 0 spiro atoms. The molecule has 5 heteroatoms. The van der Waals surface area contributed by atoms with E-state index < -0.39 is 5.97 Å². The first-order valence-corrected chi connectivity index (χ1v) is 2.24. The van der Waals surface area contributed by atoms with Crippen LogP contribution in [0.25, 0.3) is 0 Å². The van der Waals surface area contributed by atoms with Gasteiger partial charge in [0, 0.05) is 20.0 Å². The van der Waals surface area contributed by atoms with Crippen molar-refractivity contribution in [2.24, 2.45) is 11.5 Å². The molecule has 0 aromatic rings. The van der Waals surface area contributed by atoms with Crippen molar-refractivity contribution >= 4 is 18.4 Å². The highest BCUT2D eigenvalue weighted by Crippen LogP contribution is 1.42. The van der Waals surface area contributed by atoms with E-state index in [2.05, 4.69) is 0 Å². The predicted molar refractivity (Wildman–Crippen MR) is 38.7 cm³/mol. The molecule has 0 aliphatic heterocycles. The van der Waals surface area contributed by atoms with E-state index >= 15 is 0 Å². The predicted octanol–water partition coefficient (Wildman–Crippen LogP) is -0.583. The van der Waals surface area contributed by atoms with Gasteiger partial charge in [0.1, 0.15) is 0 Å². The molecule has 0 atom stereocenters. The molecular weight excluding hydrogens is 144 g/mol. The number of halogens is 1. The zero-order valence-electron chi connectivity index (χ0n) is 5.33. The first-order valence-electron chi connectivity index (χ1n) is 2.24. The molecule has 0 radical (unpaired) electrons. The third kappa shape index (κ3) is 536. The van der Waals surface area contributed by atoms with Crippen molar-refractivity contribution in [3.05, 3.63) is 0 Å². The average Bonchev–Trinajstić information content (AvgIpc) is 1.65. The van der Waals surface area contributed by atoms with Crippen LogP contribution in [0.5, 0.6) is 0 Å². The zero-order chi connectivity index (χ0) is 6.99. The number of hydrogen-bond acceptors (Lipinski definition) is 3. The van der Waals surface area contributed by atoms with Gasteiger partial charge in [0.15, 0.2) is 0 Å². The standard InChI is InChI=1S/C2H8N2.C2H4O2.ClH/c3-1-2-4;1-2(3)4;/h1-4H2;1H3,(H,3,4);1H. The van der Waals surface area contributed by atoms with Gasteiger partial charge < -0.3 is 16.6 Å². The Morgan fingerprint density at radius 2 is 1.56 bits per heavy atom. The topological polar surface area (TPSA) is 89.3 Å². The number of carboxylic acids is 1. The second-order valence-electron chi connectivity index (χ2n) is 1.10. The normalized spacial score (nSPS) is 6.11. The Kier molecular flexibility index (Phi) is 27.6. The molecule has 9 heavy (non-hydrogen) atoms. The van der Waals surface area contributed by atoms with E-state index in [-0.39, 0.29) is 12.4 Å². The Morgan fingerprint density at radius 1 is 1.44 bits per heavy atom. The first-order chi connectivity index (χ1) is 3.65. The SMILES string of the molecule is CC(=O)O.Cl.NCCN. The molecule has 5 N–H and O–H groups in total. The van der Waals surface area contributed by atoms with Crippen LogP contribution in [0.2, 0.25) is 0 Å². The zero-order valence-corrected chi connectivity index (χ0v) is 6.15. The largest absolute Gasteiger partial charge is 0.481 e. The molecule has 0 saturated carbocycles. The fourth-order valence-electron chi connectivity index (χ4n) is 0. The summed E-state index contributed by atoms with van der Waals surface area (Å²) in [7, 11) is 0. The highest BCUT2D eigenvalue weighted by molar-refractivity contribution is 5.85. The lowest BCUT2D eigenvalue weighted by atomic mass is 10.7. The van der Waals surface area contributed by atoms with Gasteiger partial charge in [-0.05, 0) is 0 Å². The van der Waals surface area contributed by atoms with Crippen LogP contribution in [-0.2, 0) is 4.79 Å². The van der Waals surface area contributed by atoms with Gasteiger partial charge in [-0.2, -0.15) is 0 Å². The molecular formula is C4H13ClN2O2. The van der Waals surface area contributed by atoms with Crippen molar-refractivity contribution in [3.63, 3.8) is 0 Å². The van der Waals surface area contributed by atoms with Crippen molar-refractivity contribution in [1.29, 1.82) is 0 Å². The minimum absolute atomic E-state index is 0. The van der Waals surface area contributed by atoms with E-state index in [0.29, 0.717) is 13.1 Å². The van der Waals surface area contributed by atoms with Crippen LogP contribution in [0.1, 0.15) is 6.92 Å². The van der Waals surface area contributed by atoms with Gasteiger partial charge in [-0.25, -0.2) is 0 Å². The Balaban J connectivity index is -0.0000000720. The second kappa shape index (κ2) is 15.6. The molecule has 58 valence electrons. The van der Waals surface area contributed by atoms with Gasteiger partial charge in [-0.1, -0.05) is 0 Å². The minimum atomic E-state index is -0.833. The number of hydrogen-bond donors (Lipinski definition) is 3. The van der Waals surface area contributed by atoms with Crippen LogP contribution in [0, 0.1) is 0 Å². The quantitative estimate of drug-likeness (QED) is 0.474.